The van der Waals surface area contributed by atoms with Gasteiger partial charge in [0.1, 0.15) is 0 Å². The van der Waals surface area contributed by atoms with Crippen molar-refractivity contribution in [3.63, 3.8) is 0 Å². The molecule has 1 aromatic rings. The maximum absolute atomic E-state index is 12.2. The summed E-state index contributed by atoms with van der Waals surface area (Å²) in [7, 11) is 0. The predicted octanol–water partition coefficient (Wildman–Crippen LogP) is 1.31. The second-order valence-electron chi connectivity index (χ2n) is 5.74. The molecule has 0 radical (unpaired) electrons. The Morgan fingerprint density at radius 2 is 2.05 bits per heavy atom. The van der Waals surface area contributed by atoms with Crippen LogP contribution in [-0.2, 0) is 11.3 Å². The van der Waals surface area contributed by atoms with Crippen LogP contribution in [0.1, 0.15) is 19.4 Å². The van der Waals surface area contributed by atoms with Gasteiger partial charge in [0, 0.05) is 44.7 Å². The quantitative estimate of drug-likeness (QED) is 0.901. The fraction of sp³-hybridized carbons (Fsp3) is 0.562. The molecule has 0 aromatic heterocycles. The van der Waals surface area contributed by atoms with Crippen molar-refractivity contribution in [3.05, 3.63) is 35.9 Å². The minimum atomic E-state index is -0.0712. The lowest BCUT2D eigenvalue weighted by molar-refractivity contribution is -0.139. The van der Waals surface area contributed by atoms with Crippen molar-refractivity contribution in [2.24, 2.45) is 11.7 Å². The van der Waals surface area contributed by atoms with Gasteiger partial charge < -0.3 is 10.6 Å². The van der Waals surface area contributed by atoms with Gasteiger partial charge in [-0.25, -0.2) is 0 Å². The number of nitrogens with zero attached hydrogens (tertiary/aromatic N) is 2. The first-order valence-corrected chi connectivity index (χ1v) is 7.38. The molecule has 1 heterocycles. The molecule has 4 heteroatoms. The minimum Gasteiger partial charge on any atom is -0.337 e. The summed E-state index contributed by atoms with van der Waals surface area (Å²) in [6, 6.07) is 10.7. The number of piperazine rings is 1. The van der Waals surface area contributed by atoms with Crippen LogP contribution in [0.4, 0.5) is 0 Å². The van der Waals surface area contributed by atoms with Gasteiger partial charge in [0.15, 0.2) is 0 Å². The van der Waals surface area contributed by atoms with Crippen LogP contribution in [0.5, 0.6) is 0 Å². The van der Waals surface area contributed by atoms with Crippen LogP contribution in [-0.4, -0.2) is 47.9 Å². The Morgan fingerprint density at radius 1 is 1.35 bits per heavy atom. The lowest BCUT2D eigenvalue weighted by Crippen LogP contribution is -2.55. The van der Waals surface area contributed by atoms with Gasteiger partial charge in [0.25, 0.3) is 0 Å². The molecule has 0 bridgehead atoms. The van der Waals surface area contributed by atoms with E-state index in [0.29, 0.717) is 6.54 Å². The van der Waals surface area contributed by atoms with Gasteiger partial charge in [0.05, 0.1) is 0 Å². The second kappa shape index (κ2) is 6.86. The molecule has 1 aliphatic rings. The van der Waals surface area contributed by atoms with E-state index in [1.54, 1.807) is 0 Å². The van der Waals surface area contributed by atoms with Gasteiger partial charge in [-0.3, -0.25) is 9.69 Å². The number of hydrogen-bond acceptors (Lipinski definition) is 3. The van der Waals surface area contributed by atoms with Crippen molar-refractivity contribution in [2.45, 2.75) is 26.4 Å². The highest BCUT2D eigenvalue weighted by molar-refractivity contribution is 5.79. The Balaban J connectivity index is 1.90. The van der Waals surface area contributed by atoms with Crippen LogP contribution in [0.15, 0.2) is 30.3 Å². The molecule has 1 fully saturated rings. The van der Waals surface area contributed by atoms with Crippen molar-refractivity contribution in [1.29, 1.82) is 0 Å². The van der Waals surface area contributed by atoms with Crippen LogP contribution >= 0.6 is 0 Å². The van der Waals surface area contributed by atoms with Crippen LogP contribution < -0.4 is 5.73 Å². The number of carbonyl (C=O) groups excluding carboxylic acids is 1. The molecule has 1 aliphatic heterocycles. The first-order valence-electron chi connectivity index (χ1n) is 7.38. The van der Waals surface area contributed by atoms with Gasteiger partial charge in [-0.05, 0) is 12.5 Å². The molecule has 4 nitrogen and oxygen atoms in total. The number of rotatable bonds is 4. The third kappa shape index (κ3) is 3.58. The Bertz CT molecular complexity index is 435. The molecule has 1 aromatic carbocycles. The normalized spacial score (nSPS) is 21.8. The monoisotopic (exact) mass is 275 g/mol. The largest absolute Gasteiger partial charge is 0.337 e. The van der Waals surface area contributed by atoms with E-state index in [1.807, 2.05) is 17.9 Å². The SMILES string of the molecule is CC(CN)C(=O)N1CCN(Cc2ccccc2)C[C@H]1C. The van der Waals surface area contributed by atoms with Gasteiger partial charge in [0.2, 0.25) is 5.91 Å². The van der Waals surface area contributed by atoms with Crippen LogP contribution in [0, 0.1) is 5.92 Å². The standard InChI is InChI=1S/C16H25N3O/c1-13(10-17)16(20)19-9-8-18(11-14(19)2)12-15-6-4-3-5-7-15/h3-7,13-14H,8-12,17H2,1-2H3/t13?,14-/m1/s1. The molecule has 1 unspecified atom stereocenters. The highest BCUT2D eigenvalue weighted by atomic mass is 16.2. The number of carbonyl (C=O) groups is 1. The Hall–Kier alpha value is -1.39. The molecular formula is C16H25N3O. The van der Waals surface area contributed by atoms with Crippen LogP contribution in [0.2, 0.25) is 0 Å². The lowest BCUT2D eigenvalue weighted by Gasteiger charge is -2.41. The molecule has 0 aliphatic carbocycles. The van der Waals surface area contributed by atoms with E-state index < -0.39 is 0 Å². The Kier molecular flexibility index (Phi) is 5.15. The molecule has 110 valence electrons. The van der Waals surface area contributed by atoms with Gasteiger partial charge in [-0.1, -0.05) is 37.3 Å². The fourth-order valence-corrected chi connectivity index (χ4v) is 2.73. The van der Waals surface area contributed by atoms with Gasteiger partial charge in [-0.15, -0.1) is 0 Å². The van der Waals surface area contributed by atoms with Crippen molar-refractivity contribution in [2.75, 3.05) is 26.2 Å². The first-order chi connectivity index (χ1) is 9.61. The summed E-state index contributed by atoms with van der Waals surface area (Å²) < 4.78 is 0. The summed E-state index contributed by atoms with van der Waals surface area (Å²) in [6.07, 6.45) is 0. The summed E-state index contributed by atoms with van der Waals surface area (Å²) in [4.78, 5) is 16.6. The van der Waals surface area contributed by atoms with Gasteiger partial charge >= 0.3 is 0 Å². The highest BCUT2D eigenvalue weighted by Crippen LogP contribution is 2.15. The minimum absolute atomic E-state index is 0.0712. The third-order valence-corrected chi connectivity index (χ3v) is 4.02. The number of hydrogen-bond donors (Lipinski definition) is 1. The van der Waals surface area contributed by atoms with Gasteiger partial charge in [-0.2, -0.15) is 0 Å². The molecule has 20 heavy (non-hydrogen) atoms. The topological polar surface area (TPSA) is 49.6 Å². The maximum atomic E-state index is 12.2. The summed E-state index contributed by atoms with van der Waals surface area (Å²) >= 11 is 0. The molecule has 2 rings (SSSR count). The van der Waals surface area contributed by atoms with E-state index >= 15 is 0 Å². The molecular weight excluding hydrogens is 250 g/mol. The van der Waals surface area contributed by atoms with Crippen molar-refractivity contribution < 1.29 is 4.79 Å². The van der Waals surface area contributed by atoms with E-state index in [2.05, 4.69) is 36.1 Å². The number of amides is 1. The zero-order chi connectivity index (χ0) is 14.5. The Morgan fingerprint density at radius 3 is 2.65 bits per heavy atom. The molecule has 0 spiro atoms. The maximum Gasteiger partial charge on any atom is 0.227 e. The molecule has 1 amide bonds. The Labute approximate surface area is 121 Å². The summed E-state index contributed by atoms with van der Waals surface area (Å²) in [5, 5.41) is 0. The average molecular weight is 275 g/mol. The number of benzene rings is 1. The molecule has 2 N–H and O–H groups in total. The number of nitrogens with two attached hydrogens (primary N) is 1. The predicted molar refractivity (Wildman–Crippen MR) is 81.1 cm³/mol. The van der Waals surface area contributed by atoms with E-state index in [-0.39, 0.29) is 17.9 Å². The molecule has 2 atom stereocenters. The van der Waals surface area contributed by atoms with E-state index in [0.717, 1.165) is 26.2 Å². The van der Waals surface area contributed by atoms with E-state index in [1.165, 1.54) is 5.56 Å². The fourth-order valence-electron chi connectivity index (χ4n) is 2.73. The molecule has 0 saturated carbocycles. The third-order valence-electron chi connectivity index (χ3n) is 4.02. The first kappa shape index (κ1) is 15.0. The lowest BCUT2D eigenvalue weighted by atomic mass is 10.1. The van der Waals surface area contributed by atoms with E-state index in [4.69, 9.17) is 5.73 Å². The zero-order valence-corrected chi connectivity index (χ0v) is 12.5. The summed E-state index contributed by atoms with van der Waals surface area (Å²) in [5.74, 6) is 0.123. The summed E-state index contributed by atoms with van der Waals surface area (Å²) in [5.41, 5.74) is 6.93. The van der Waals surface area contributed by atoms with Crippen molar-refractivity contribution in [1.82, 2.24) is 9.80 Å². The second-order valence-corrected chi connectivity index (χ2v) is 5.74. The smallest absolute Gasteiger partial charge is 0.227 e. The highest BCUT2D eigenvalue weighted by Gasteiger charge is 2.29. The zero-order valence-electron chi connectivity index (χ0n) is 12.5. The molecule has 1 saturated heterocycles. The van der Waals surface area contributed by atoms with Crippen LogP contribution in [0.25, 0.3) is 0 Å². The van der Waals surface area contributed by atoms with Crippen molar-refractivity contribution >= 4 is 5.91 Å². The average Bonchev–Trinajstić information content (AvgIpc) is 2.47. The summed E-state index contributed by atoms with van der Waals surface area (Å²) in [6.45, 7) is 8.08. The van der Waals surface area contributed by atoms with Crippen LogP contribution in [0.3, 0.4) is 0 Å². The van der Waals surface area contributed by atoms with E-state index in [9.17, 15) is 4.79 Å². The van der Waals surface area contributed by atoms with Crippen molar-refractivity contribution in [3.8, 4) is 0 Å².